The number of rotatable bonds is 9. The van der Waals surface area contributed by atoms with Gasteiger partial charge in [0.05, 0.1) is 6.61 Å². The van der Waals surface area contributed by atoms with Crippen molar-refractivity contribution in [3.8, 4) is 0 Å². The largest absolute Gasteiger partial charge is 0.480 e. The van der Waals surface area contributed by atoms with Crippen molar-refractivity contribution in [1.82, 2.24) is 4.90 Å². The van der Waals surface area contributed by atoms with E-state index in [9.17, 15) is 4.79 Å². The Labute approximate surface area is 110 Å². The number of carboxylic acid groups (broad SMARTS) is 1. The van der Waals surface area contributed by atoms with Crippen LogP contribution in [-0.2, 0) is 9.53 Å². The van der Waals surface area contributed by atoms with Crippen molar-refractivity contribution >= 4 is 5.97 Å². The van der Waals surface area contributed by atoms with Crippen LogP contribution >= 0.6 is 0 Å². The predicted octanol–water partition coefficient (Wildman–Crippen LogP) is 1.31. The topological polar surface area (TPSA) is 75.8 Å². The molecule has 0 saturated carbocycles. The molecule has 0 aliphatic rings. The molecule has 5 nitrogen and oxygen atoms in total. The van der Waals surface area contributed by atoms with Crippen LogP contribution in [-0.4, -0.2) is 53.9 Å². The monoisotopic (exact) mass is 260 g/mol. The van der Waals surface area contributed by atoms with E-state index in [1.807, 2.05) is 6.92 Å². The number of methoxy groups -OCH3 is 1. The van der Waals surface area contributed by atoms with Crippen molar-refractivity contribution in [2.75, 3.05) is 20.3 Å². The Morgan fingerprint density at radius 2 is 2.00 bits per heavy atom. The summed E-state index contributed by atoms with van der Waals surface area (Å²) in [6.45, 7) is 9.29. The lowest BCUT2D eigenvalue weighted by Gasteiger charge is -2.36. The first-order chi connectivity index (χ1) is 8.26. The number of hydrogen-bond donors (Lipinski definition) is 2. The van der Waals surface area contributed by atoms with Gasteiger partial charge in [0.1, 0.15) is 5.54 Å². The molecule has 3 atom stereocenters. The van der Waals surface area contributed by atoms with Gasteiger partial charge in [0.2, 0.25) is 0 Å². The van der Waals surface area contributed by atoms with E-state index in [0.29, 0.717) is 19.1 Å². The summed E-state index contributed by atoms with van der Waals surface area (Å²) in [5.74, 6) is -0.954. The molecule has 5 heteroatoms. The van der Waals surface area contributed by atoms with Gasteiger partial charge in [-0.1, -0.05) is 6.92 Å². The Kier molecular flexibility index (Phi) is 7.43. The van der Waals surface area contributed by atoms with Crippen LogP contribution in [0.5, 0.6) is 0 Å². The molecule has 0 aliphatic carbocycles. The molecule has 0 spiro atoms. The van der Waals surface area contributed by atoms with Crippen LogP contribution in [0.4, 0.5) is 0 Å². The maximum atomic E-state index is 11.1. The third kappa shape index (κ3) is 5.33. The number of nitrogens with zero attached hydrogens (tertiary/aromatic N) is 1. The first-order valence-electron chi connectivity index (χ1n) is 6.53. The van der Waals surface area contributed by atoms with Crippen LogP contribution in [0.15, 0.2) is 0 Å². The zero-order chi connectivity index (χ0) is 14.3. The maximum Gasteiger partial charge on any atom is 0.323 e. The fraction of sp³-hybridized carbons (Fsp3) is 0.923. The van der Waals surface area contributed by atoms with Crippen LogP contribution in [0.2, 0.25) is 0 Å². The lowest BCUT2D eigenvalue weighted by atomic mass is 9.93. The van der Waals surface area contributed by atoms with Gasteiger partial charge in [-0.05, 0) is 33.6 Å². The molecule has 0 aromatic heterocycles. The molecule has 18 heavy (non-hydrogen) atoms. The number of carbonyl (C=O) groups is 1. The molecule has 0 heterocycles. The Balaban J connectivity index is 4.64. The van der Waals surface area contributed by atoms with Gasteiger partial charge < -0.3 is 15.6 Å². The van der Waals surface area contributed by atoms with E-state index < -0.39 is 11.5 Å². The van der Waals surface area contributed by atoms with E-state index in [1.165, 1.54) is 0 Å². The van der Waals surface area contributed by atoms with Crippen molar-refractivity contribution < 1.29 is 14.6 Å². The van der Waals surface area contributed by atoms with Crippen LogP contribution in [0.3, 0.4) is 0 Å². The highest BCUT2D eigenvalue weighted by molar-refractivity contribution is 5.77. The Morgan fingerprint density at radius 3 is 2.39 bits per heavy atom. The van der Waals surface area contributed by atoms with Crippen molar-refractivity contribution in [1.29, 1.82) is 0 Å². The quantitative estimate of drug-likeness (QED) is 0.654. The summed E-state index contributed by atoms with van der Waals surface area (Å²) in [6.07, 6.45) is 1.44. The predicted molar refractivity (Wildman–Crippen MR) is 72.6 cm³/mol. The molecule has 0 radical (unpaired) electrons. The van der Waals surface area contributed by atoms with Gasteiger partial charge >= 0.3 is 5.97 Å². The van der Waals surface area contributed by atoms with Gasteiger partial charge in [-0.3, -0.25) is 9.69 Å². The summed E-state index contributed by atoms with van der Waals surface area (Å²) in [7, 11) is 1.67. The van der Waals surface area contributed by atoms with Gasteiger partial charge in [-0.25, -0.2) is 0 Å². The lowest BCUT2D eigenvalue weighted by molar-refractivity contribution is -0.143. The Morgan fingerprint density at radius 1 is 1.44 bits per heavy atom. The van der Waals surface area contributed by atoms with Gasteiger partial charge in [0.15, 0.2) is 0 Å². The smallest absolute Gasteiger partial charge is 0.323 e. The fourth-order valence-corrected chi connectivity index (χ4v) is 2.12. The highest BCUT2D eigenvalue weighted by Crippen LogP contribution is 2.17. The fourth-order valence-electron chi connectivity index (χ4n) is 2.12. The van der Waals surface area contributed by atoms with E-state index in [1.54, 1.807) is 14.0 Å². The summed E-state index contributed by atoms with van der Waals surface area (Å²) in [4.78, 5) is 13.3. The van der Waals surface area contributed by atoms with E-state index in [2.05, 4.69) is 18.7 Å². The molecule has 0 fully saturated rings. The van der Waals surface area contributed by atoms with Crippen LogP contribution in [0.1, 0.15) is 40.5 Å². The second-order valence-corrected chi connectivity index (χ2v) is 5.26. The van der Waals surface area contributed by atoms with Crippen LogP contribution < -0.4 is 5.73 Å². The van der Waals surface area contributed by atoms with Crippen molar-refractivity contribution in [2.45, 2.75) is 58.2 Å². The molecule has 3 N–H and O–H groups in total. The minimum atomic E-state index is -1.18. The highest BCUT2D eigenvalue weighted by atomic mass is 16.5. The molecule has 0 amide bonds. The van der Waals surface area contributed by atoms with E-state index in [4.69, 9.17) is 15.6 Å². The maximum absolute atomic E-state index is 11.1. The Bertz CT molecular complexity index is 257. The molecule has 0 saturated heterocycles. The second kappa shape index (κ2) is 7.71. The molecule has 0 bridgehead atoms. The molecule has 0 aliphatic heterocycles. The number of carboxylic acids is 1. The lowest BCUT2D eigenvalue weighted by Crippen LogP contribution is -2.52. The first-order valence-corrected chi connectivity index (χ1v) is 6.53. The van der Waals surface area contributed by atoms with E-state index in [-0.39, 0.29) is 6.04 Å². The summed E-state index contributed by atoms with van der Waals surface area (Å²) in [6, 6.07) is 0.501. The molecular weight excluding hydrogens is 232 g/mol. The van der Waals surface area contributed by atoms with Crippen LogP contribution in [0.25, 0.3) is 0 Å². The molecule has 108 valence electrons. The summed E-state index contributed by atoms with van der Waals surface area (Å²) >= 11 is 0. The van der Waals surface area contributed by atoms with Gasteiger partial charge in [-0.15, -0.1) is 0 Å². The normalized spacial score (nSPS) is 18.4. The number of ether oxygens (including phenoxy) is 1. The number of hydrogen-bond acceptors (Lipinski definition) is 4. The molecular formula is C13H28N2O3. The minimum absolute atomic E-state index is 0.112. The minimum Gasteiger partial charge on any atom is -0.480 e. The second-order valence-electron chi connectivity index (χ2n) is 5.26. The van der Waals surface area contributed by atoms with Crippen molar-refractivity contribution in [3.05, 3.63) is 0 Å². The standard InChI is InChI=1S/C13H28N2O3/c1-6-10(2)15(7-8-18-5)11(3)9-13(4,14)12(16)17/h10-11H,6-9,14H2,1-5H3,(H,16,17). The third-order valence-electron chi connectivity index (χ3n) is 3.48. The van der Waals surface area contributed by atoms with Gasteiger partial charge in [0.25, 0.3) is 0 Å². The average molecular weight is 260 g/mol. The Hall–Kier alpha value is -0.650. The summed E-state index contributed by atoms with van der Waals surface area (Å²) < 4.78 is 5.11. The number of aliphatic carboxylic acids is 1. The van der Waals surface area contributed by atoms with Crippen molar-refractivity contribution in [2.24, 2.45) is 5.73 Å². The zero-order valence-electron chi connectivity index (χ0n) is 12.3. The molecule has 0 aromatic carbocycles. The van der Waals surface area contributed by atoms with E-state index in [0.717, 1.165) is 13.0 Å². The average Bonchev–Trinajstić information content (AvgIpc) is 2.28. The summed E-state index contributed by atoms with van der Waals surface area (Å²) in [5.41, 5.74) is 4.63. The molecule has 0 aromatic rings. The first kappa shape index (κ1) is 17.4. The highest BCUT2D eigenvalue weighted by Gasteiger charge is 2.32. The number of nitrogens with two attached hydrogens (primary N) is 1. The van der Waals surface area contributed by atoms with Crippen molar-refractivity contribution in [3.63, 3.8) is 0 Å². The van der Waals surface area contributed by atoms with E-state index >= 15 is 0 Å². The van der Waals surface area contributed by atoms with Gasteiger partial charge in [-0.2, -0.15) is 0 Å². The van der Waals surface area contributed by atoms with Gasteiger partial charge in [0, 0.05) is 25.7 Å². The summed E-state index contributed by atoms with van der Waals surface area (Å²) in [5, 5.41) is 9.08. The van der Waals surface area contributed by atoms with Crippen LogP contribution in [0, 0.1) is 0 Å². The molecule has 3 unspecified atom stereocenters. The SMILES string of the molecule is CCC(C)N(CCOC)C(C)CC(C)(N)C(=O)O. The zero-order valence-corrected chi connectivity index (χ0v) is 12.3. The third-order valence-corrected chi connectivity index (χ3v) is 3.48. The molecule has 0 rings (SSSR count).